The molecule has 1 atom stereocenters. The first kappa shape index (κ1) is 24.2. The topological polar surface area (TPSA) is 96.0 Å². The van der Waals surface area contributed by atoms with Gasteiger partial charge in [0.25, 0.3) is 5.91 Å². The number of benzene rings is 2. The van der Waals surface area contributed by atoms with Crippen molar-refractivity contribution >= 4 is 46.5 Å². The van der Waals surface area contributed by atoms with Crippen LogP contribution in [0.2, 0.25) is 0 Å². The average Bonchev–Trinajstić information content (AvgIpc) is 3.48. The molecule has 1 N–H and O–H groups in total. The van der Waals surface area contributed by atoms with Crippen LogP contribution in [0.1, 0.15) is 28.6 Å². The molecule has 1 aliphatic heterocycles. The normalized spacial score (nSPS) is 15.2. The smallest absolute Gasteiger partial charge is 0.338 e. The summed E-state index contributed by atoms with van der Waals surface area (Å²) in [6.45, 7) is 2.24. The number of hydrogen-bond donors (Lipinski definition) is 1. The van der Waals surface area contributed by atoms with E-state index >= 15 is 0 Å². The molecule has 0 aliphatic carbocycles. The number of nitrogens with zero attached hydrogens (tertiary/aromatic N) is 2. The number of esters is 1. The van der Waals surface area contributed by atoms with Gasteiger partial charge in [-0.25, -0.2) is 14.5 Å². The first-order valence-electron chi connectivity index (χ1n) is 11.3. The van der Waals surface area contributed by atoms with Gasteiger partial charge in [0, 0.05) is 17.1 Å². The number of nitrogens with one attached hydrogen (secondary N) is 1. The Hall–Kier alpha value is -3.98. The number of ether oxygens (including phenoxy) is 1. The Kier molecular flexibility index (Phi) is 7.57. The molecule has 1 aromatic heterocycles. The standard InChI is InChI=1S/C26H25N3O5S/c1-2-34-25(32)18-10-12-20(13-11-18)29-23(30)17-22(24(29)31)28(15-14-21-9-6-16-35-21)26(33)27-19-7-4-3-5-8-19/h3-13,16,22H,2,14-15,17H2,1H3,(H,27,33)/t22-/m0/s1. The first-order valence-corrected chi connectivity index (χ1v) is 12.1. The minimum atomic E-state index is -0.934. The minimum absolute atomic E-state index is 0.120. The predicted octanol–water partition coefficient (Wildman–Crippen LogP) is 4.33. The number of thiophene rings is 1. The van der Waals surface area contributed by atoms with Gasteiger partial charge in [-0.1, -0.05) is 24.3 Å². The zero-order valence-corrected chi connectivity index (χ0v) is 20.0. The largest absolute Gasteiger partial charge is 0.462 e. The molecule has 1 aliphatic rings. The van der Waals surface area contributed by atoms with Crippen LogP contribution in [0.3, 0.4) is 0 Å². The van der Waals surface area contributed by atoms with E-state index in [1.807, 2.05) is 23.6 Å². The Balaban J connectivity index is 1.54. The van der Waals surface area contributed by atoms with E-state index in [0.717, 1.165) is 9.78 Å². The summed E-state index contributed by atoms with van der Waals surface area (Å²) in [4.78, 5) is 55.0. The molecular weight excluding hydrogens is 466 g/mol. The van der Waals surface area contributed by atoms with Gasteiger partial charge in [0.15, 0.2) is 0 Å². The first-order chi connectivity index (χ1) is 17.0. The van der Waals surface area contributed by atoms with E-state index < -0.39 is 29.9 Å². The summed E-state index contributed by atoms with van der Waals surface area (Å²) in [6, 6.07) is 17.6. The fourth-order valence-corrected chi connectivity index (χ4v) is 4.59. The highest BCUT2D eigenvalue weighted by atomic mass is 32.1. The molecule has 2 heterocycles. The van der Waals surface area contributed by atoms with Gasteiger partial charge >= 0.3 is 12.0 Å². The molecule has 0 spiro atoms. The van der Waals surface area contributed by atoms with E-state index in [-0.39, 0.29) is 19.6 Å². The summed E-state index contributed by atoms with van der Waals surface area (Å²) in [6.07, 6.45) is 0.442. The highest BCUT2D eigenvalue weighted by molar-refractivity contribution is 7.09. The van der Waals surface area contributed by atoms with Crippen molar-refractivity contribution in [1.82, 2.24) is 4.90 Å². The second kappa shape index (κ2) is 11.0. The van der Waals surface area contributed by atoms with Crippen molar-refractivity contribution in [3.63, 3.8) is 0 Å². The van der Waals surface area contributed by atoms with E-state index in [0.29, 0.717) is 23.4 Å². The van der Waals surface area contributed by atoms with E-state index in [9.17, 15) is 19.2 Å². The van der Waals surface area contributed by atoms with Crippen LogP contribution in [0, 0.1) is 0 Å². The zero-order chi connectivity index (χ0) is 24.8. The number of carbonyl (C=O) groups excluding carboxylic acids is 4. The van der Waals surface area contributed by atoms with Crippen molar-refractivity contribution in [3.8, 4) is 0 Å². The Bertz CT molecular complexity index is 1200. The number of amides is 4. The SMILES string of the molecule is CCOC(=O)c1ccc(N2C(=O)C[C@H](N(CCc3cccs3)C(=O)Nc3ccccc3)C2=O)cc1. The average molecular weight is 492 g/mol. The van der Waals surface area contributed by atoms with Crippen molar-refractivity contribution in [2.75, 3.05) is 23.4 Å². The maximum Gasteiger partial charge on any atom is 0.338 e. The van der Waals surface area contributed by atoms with Crippen LogP contribution < -0.4 is 10.2 Å². The van der Waals surface area contributed by atoms with E-state index in [4.69, 9.17) is 4.74 Å². The van der Waals surface area contributed by atoms with Gasteiger partial charge in [0.2, 0.25) is 5.91 Å². The van der Waals surface area contributed by atoms with Gasteiger partial charge in [-0.2, -0.15) is 0 Å². The number of anilines is 2. The minimum Gasteiger partial charge on any atom is -0.462 e. The lowest BCUT2D eigenvalue weighted by Crippen LogP contribution is -2.48. The summed E-state index contributed by atoms with van der Waals surface area (Å²) < 4.78 is 4.98. The summed E-state index contributed by atoms with van der Waals surface area (Å²) in [5.74, 6) is -1.36. The van der Waals surface area contributed by atoms with Gasteiger partial charge in [0.1, 0.15) is 6.04 Å². The third kappa shape index (κ3) is 5.58. The second-order valence-corrected chi connectivity index (χ2v) is 8.91. The number of carbonyl (C=O) groups is 4. The molecule has 8 nitrogen and oxygen atoms in total. The lowest BCUT2D eigenvalue weighted by atomic mass is 10.2. The van der Waals surface area contributed by atoms with Crippen LogP contribution in [0.15, 0.2) is 72.1 Å². The lowest BCUT2D eigenvalue weighted by molar-refractivity contribution is -0.122. The van der Waals surface area contributed by atoms with Gasteiger partial charge in [-0.3, -0.25) is 9.59 Å². The highest BCUT2D eigenvalue weighted by Gasteiger charge is 2.44. The number of rotatable bonds is 8. The molecule has 35 heavy (non-hydrogen) atoms. The molecule has 0 radical (unpaired) electrons. The second-order valence-electron chi connectivity index (χ2n) is 7.87. The van der Waals surface area contributed by atoms with Gasteiger partial charge < -0.3 is 15.0 Å². The van der Waals surface area contributed by atoms with Crippen molar-refractivity contribution in [2.45, 2.75) is 25.8 Å². The Morgan fingerprint density at radius 1 is 1.06 bits per heavy atom. The lowest BCUT2D eigenvalue weighted by Gasteiger charge is -2.27. The molecule has 1 fully saturated rings. The molecule has 9 heteroatoms. The Morgan fingerprint density at radius 3 is 2.46 bits per heavy atom. The predicted molar refractivity (Wildman–Crippen MR) is 133 cm³/mol. The van der Waals surface area contributed by atoms with Crippen LogP contribution in [0.25, 0.3) is 0 Å². The van der Waals surface area contributed by atoms with Crippen molar-refractivity contribution in [2.24, 2.45) is 0 Å². The maximum absolute atomic E-state index is 13.4. The molecule has 0 unspecified atom stereocenters. The summed E-state index contributed by atoms with van der Waals surface area (Å²) >= 11 is 1.57. The number of urea groups is 1. The van der Waals surface area contributed by atoms with Crippen molar-refractivity contribution in [3.05, 3.63) is 82.6 Å². The molecule has 2 aromatic carbocycles. The quantitative estimate of drug-likeness (QED) is 0.374. The molecular formula is C26H25N3O5S. The summed E-state index contributed by atoms with van der Waals surface area (Å²) in [5.41, 5.74) is 1.27. The maximum atomic E-state index is 13.4. The van der Waals surface area contributed by atoms with Crippen LogP contribution in [0.5, 0.6) is 0 Å². The van der Waals surface area contributed by atoms with Crippen LogP contribution in [-0.4, -0.2) is 47.9 Å². The Labute approximate surface area is 207 Å². The number of hydrogen-bond acceptors (Lipinski definition) is 6. The fourth-order valence-electron chi connectivity index (χ4n) is 3.89. The van der Waals surface area contributed by atoms with Gasteiger partial charge in [-0.05, 0) is 61.2 Å². The van der Waals surface area contributed by atoms with Crippen LogP contribution in [0.4, 0.5) is 16.2 Å². The third-order valence-corrected chi connectivity index (χ3v) is 6.54. The molecule has 180 valence electrons. The number of para-hydroxylation sites is 1. The van der Waals surface area contributed by atoms with E-state index in [1.165, 1.54) is 29.2 Å². The van der Waals surface area contributed by atoms with Crippen molar-refractivity contribution in [1.29, 1.82) is 0 Å². The van der Waals surface area contributed by atoms with E-state index in [1.54, 1.807) is 42.5 Å². The van der Waals surface area contributed by atoms with E-state index in [2.05, 4.69) is 5.32 Å². The molecule has 0 bridgehead atoms. The molecule has 0 saturated carbocycles. The molecule has 1 saturated heterocycles. The molecule has 4 amide bonds. The highest BCUT2D eigenvalue weighted by Crippen LogP contribution is 2.27. The third-order valence-electron chi connectivity index (χ3n) is 5.60. The van der Waals surface area contributed by atoms with Gasteiger partial charge in [0.05, 0.1) is 24.3 Å². The fraction of sp³-hybridized carbons (Fsp3) is 0.231. The molecule has 4 rings (SSSR count). The summed E-state index contributed by atoms with van der Waals surface area (Å²) in [7, 11) is 0. The molecule has 3 aromatic rings. The summed E-state index contributed by atoms with van der Waals surface area (Å²) in [5, 5.41) is 4.78. The zero-order valence-electron chi connectivity index (χ0n) is 19.2. The monoisotopic (exact) mass is 491 g/mol. The van der Waals surface area contributed by atoms with Crippen molar-refractivity contribution < 1.29 is 23.9 Å². The van der Waals surface area contributed by atoms with Crippen LogP contribution >= 0.6 is 11.3 Å². The Morgan fingerprint density at radius 2 is 1.80 bits per heavy atom. The number of imide groups is 1. The van der Waals surface area contributed by atoms with Gasteiger partial charge in [-0.15, -0.1) is 11.3 Å². The van der Waals surface area contributed by atoms with Crippen LogP contribution in [-0.2, 0) is 20.7 Å².